The lowest BCUT2D eigenvalue weighted by atomic mass is 10.1. The Bertz CT molecular complexity index is 778. The van der Waals surface area contributed by atoms with Crippen LogP contribution in [0.4, 0.5) is 4.39 Å². The molecule has 118 valence electrons. The van der Waals surface area contributed by atoms with Gasteiger partial charge in [-0.15, -0.1) is 10.2 Å². The highest BCUT2D eigenvalue weighted by Gasteiger charge is 2.20. The van der Waals surface area contributed by atoms with Gasteiger partial charge in [0.15, 0.2) is 0 Å². The van der Waals surface area contributed by atoms with Gasteiger partial charge in [-0.2, -0.15) is 0 Å². The largest absolute Gasteiger partial charge is 0.347 e. The fraction of sp³-hybridized carbons (Fsp3) is 0.312. The van der Waals surface area contributed by atoms with Crippen LogP contribution in [0.3, 0.4) is 0 Å². The zero-order valence-corrected chi connectivity index (χ0v) is 12.5. The summed E-state index contributed by atoms with van der Waals surface area (Å²) in [6.07, 6.45) is 5.61. The molecule has 6 nitrogen and oxygen atoms in total. The first kappa shape index (κ1) is 14.1. The van der Waals surface area contributed by atoms with E-state index in [2.05, 4.69) is 30.0 Å². The summed E-state index contributed by atoms with van der Waals surface area (Å²) in [4.78, 5) is 7.46. The van der Waals surface area contributed by atoms with E-state index < -0.39 is 0 Å². The highest BCUT2D eigenvalue weighted by atomic mass is 19.1. The lowest BCUT2D eigenvalue weighted by Crippen LogP contribution is -2.25. The maximum atomic E-state index is 13.2. The van der Waals surface area contributed by atoms with Crippen LogP contribution in [-0.2, 0) is 19.5 Å². The van der Waals surface area contributed by atoms with Crippen LogP contribution in [-0.4, -0.2) is 24.7 Å². The third kappa shape index (κ3) is 2.75. The molecule has 0 saturated carbocycles. The Balaban J connectivity index is 1.57. The number of benzene rings is 1. The van der Waals surface area contributed by atoms with Crippen LogP contribution in [0.1, 0.15) is 35.5 Å². The molecule has 0 saturated heterocycles. The monoisotopic (exact) mass is 312 g/mol. The van der Waals surface area contributed by atoms with E-state index in [1.165, 1.54) is 12.1 Å². The van der Waals surface area contributed by atoms with Crippen LogP contribution < -0.4 is 5.32 Å². The molecule has 1 unspecified atom stereocenters. The second kappa shape index (κ2) is 5.92. The third-order valence-corrected chi connectivity index (χ3v) is 4.15. The van der Waals surface area contributed by atoms with Crippen molar-refractivity contribution >= 4 is 0 Å². The molecule has 23 heavy (non-hydrogen) atoms. The number of halogens is 1. The first-order valence-corrected chi connectivity index (χ1v) is 7.70. The molecular weight excluding hydrogens is 295 g/mol. The second-order valence-electron chi connectivity index (χ2n) is 5.63. The number of nitrogens with one attached hydrogen (secondary N) is 2. The van der Waals surface area contributed by atoms with E-state index in [-0.39, 0.29) is 11.9 Å². The van der Waals surface area contributed by atoms with Crippen LogP contribution in [0.15, 0.2) is 36.7 Å². The van der Waals surface area contributed by atoms with Crippen molar-refractivity contribution in [2.75, 3.05) is 0 Å². The summed E-state index contributed by atoms with van der Waals surface area (Å²) in [5, 5.41) is 11.9. The molecule has 1 atom stereocenters. The number of fused-ring (bicyclic) bond motifs is 1. The molecule has 1 aromatic carbocycles. The number of aryl methyl sites for hydroxylation is 1. The van der Waals surface area contributed by atoms with Gasteiger partial charge >= 0.3 is 0 Å². The molecule has 1 aliphatic rings. The van der Waals surface area contributed by atoms with Crippen molar-refractivity contribution in [1.82, 2.24) is 30.0 Å². The van der Waals surface area contributed by atoms with E-state index in [4.69, 9.17) is 0 Å². The van der Waals surface area contributed by atoms with Crippen molar-refractivity contribution in [3.05, 3.63) is 65.5 Å². The molecule has 3 aromatic rings. The summed E-state index contributed by atoms with van der Waals surface area (Å²) in [7, 11) is 0. The normalized spacial score (nSPS) is 14.8. The van der Waals surface area contributed by atoms with Gasteiger partial charge in [-0.3, -0.25) is 5.32 Å². The average Bonchev–Trinajstić information content (AvgIpc) is 3.27. The van der Waals surface area contributed by atoms with Gasteiger partial charge < -0.3 is 9.55 Å². The lowest BCUT2D eigenvalue weighted by Gasteiger charge is -2.17. The van der Waals surface area contributed by atoms with Crippen LogP contribution in [0.5, 0.6) is 0 Å². The number of nitrogens with zero attached hydrogens (tertiary/aromatic N) is 4. The summed E-state index contributed by atoms with van der Waals surface area (Å²) >= 11 is 0. The van der Waals surface area contributed by atoms with Crippen molar-refractivity contribution in [2.24, 2.45) is 0 Å². The minimum Gasteiger partial charge on any atom is -0.347 e. The van der Waals surface area contributed by atoms with Gasteiger partial charge in [0.05, 0.1) is 12.6 Å². The fourth-order valence-corrected chi connectivity index (χ4v) is 3.00. The summed E-state index contributed by atoms with van der Waals surface area (Å²) in [5.41, 5.74) is 0.947. The van der Waals surface area contributed by atoms with Gasteiger partial charge in [0.2, 0.25) is 0 Å². The number of hydrogen-bond donors (Lipinski definition) is 2. The molecule has 0 radical (unpaired) electrons. The number of rotatable bonds is 5. The molecule has 0 aliphatic carbocycles. The van der Waals surface area contributed by atoms with Crippen LogP contribution >= 0.6 is 0 Å². The number of hydrogen-bond acceptors (Lipinski definition) is 4. The molecule has 7 heteroatoms. The molecular formula is C16H17FN6. The Kier molecular flexibility index (Phi) is 3.63. The van der Waals surface area contributed by atoms with E-state index in [9.17, 15) is 4.39 Å². The molecule has 2 N–H and O–H groups in total. The van der Waals surface area contributed by atoms with Crippen LogP contribution in [0.2, 0.25) is 0 Å². The lowest BCUT2D eigenvalue weighted by molar-refractivity contribution is 0.543. The molecule has 0 bridgehead atoms. The first-order valence-electron chi connectivity index (χ1n) is 7.70. The topological polar surface area (TPSA) is 71.4 Å². The van der Waals surface area contributed by atoms with Gasteiger partial charge in [0, 0.05) is 25.4 Å². The van der Waals surface area contributed by atoms with Crippen LogP contribution in [0, 0.1) is 5.82 Å². The first-order chi connectivity index (χ1) is 11.3. The zero-order valence-electron chi connectivity index (χ0n) is 12.5. The SMILES string of the molecule is Fc1ccc(C(NCc2nnc3n2CCC3)c2ncc[nH]2)cc1. The van der Waals surface area contributed by atoms with Gasteiger partial charge in [-0.1, -0.05) is 12.1 Å². The van der Waals surface area contributed by atoms with Gasteiger partial charge in [0.25, 0.3) is 0 Å². The Hall–Kier alpha value is -2.54. The molecule has 4 rings (SSSR count). The molecule has 0 amide bonds. The maximum absolute atomic E-state index is 13.2. The number of imidazole rings is 1. The van der Waals surface area contributed by atoms with E-state index in [0.29, 0.717) is 6.54 Å². The quantitative estimate of drug-likeness (QED) is 0.755. The zero-order chi connectivity index (χ0) is 15.6. The summed E-state index contributed by atoms with van der Waals surface area (Å²) in [5.74, 6) is 2.52. The van der Waals surface area contributed by atoms with Crippen molar-refractivity contribution in [1.29, 1.82) is 0 Å². The standard InChI is InChI=1S/C16H17FN6/c17-12-5-3-11(4-6-12)15(16-18-7-8-19-16)20-10-14-22-21-13-2-1-9-23(13)14/h3-8,15,20H,1-2,9-10H2,(H,18,19). The van der Waals surface area contributed by atoms with E-state index in [1.54, 1.807) is 24.5 Å². The minimum atomic E-state index is -0.248. The van der Waals surface area contributed by atoms with Crippen molar-refractivity contribution in [3.8, 4) is 0 Å². The van der Waals surface area contributed by atoms with Crippen LogP contribution in [0.25, 0.3) is 0 Å². The Morgan fingerprint density at radius 2 is 2.13 bits per heavy atom. The third-order valence-electron chi connectivity index (χ3n) is 4.15. The predicted molar refractivity (Wildman–Crippen MR) is 82.0 cm³/mol. The molecule has 3 heterocycles. The summed E-state index contributed by atoms with van der Waals surface area (Å²) in [6.45, 7) is 1.55. The average molecular weight is 312 g/mol. The molecule has 0 spiro atoms. The second-order valence-corrected chi connectivity index (χ2v) is 5.63. The number of aromatic nitrogens is 5. The molecule has 2 aromatic heterocycles. The highest BCUT2D eigenvalue weighted by Crippen LogP contribution is 2.21. The van der Waals surface area contributed by atoms with Crippen molar-refractivity contribution in [2.45, 2.75) is 32.0 Å². The smallest absolute Gasteiger partial charge is 0.147 e. The highest BCUT2D eigenvalue weighted by molar-refractivity contribution is 5.25. The Labute approximate surface area is 132 Å². The van der Waals surface area contributed by atoms with Gasteiger partial charge in [-0.05, 0) is 24.1 Å². The Morgan fingerprint density at radius 3 is 2.91 bits per heavy atom. The summed E-state index contributed by atoms with van der Waals surface area (Å²) in [6, 6.07) is 6.30. The van der Waals surface area contributed by atoms with E-state index in [0.717, 1.165) is 42.4 Å². The Morgan fingerprint density at radius 1 is 1.26 bits per heavy atom. The molecule has 1 aliphatic heterocycles. The van der Waals surface area contributed by atoms with Crippen molar-refractivity contribution < 1.29 is 4.39 Å². The maximum Gasteiger partial charge on any atom is 0.147 e. The predicted octanol–water partition coefficient (Wildman–Crippen LogP) is 1.97. The number of H-pyrrole nitrogens is 1. The fourth-order valence-electron chi connectivity index (χ4n) is 3.00. The van der Waals surface area contributed by atoms with Gasteiger partial charge in [0.1, 0.15) is 23.3 Å². The van der Waals surface area contributed by atoms with Gasteiger partial charge in [-0.25, -0.2) is 9.37 Å². The number of aromatic amines is 1. The van der Waals surface area contributed by atoms with E-state index >= 15 is 0 Å². The minimum absolute atomic E-state index is 0.153. The van der Waals surface area contributed by atoms with E-state index in [1.807, 2.05) is 0 Å². The molecule has 0 fully saturated rings. The summed E-state index contributed by atoms with van der Waals surface area (Å²) < 4.78 is 15.3. The van der Waals surface area contributed by atoms with Crippen molar-refractivity contribution in [3.63, 3.8) is 0 Å².